The highest BCUT2D eigenvalue weighted by atomic mass is 32.2. The molecule has 0 saturated carbocycles. The number of nitrogens with one attached hydrogen (secondary N) is 1. The first-order chi connectivity index (χ1) is 13.4. The number of benzene rings is 1. The third kappa shape index (κ3) is 4.36. The van der Waals surface area contributed by atoms with Gasteiger partial charge in [0.2, 0.25) is 5.91 Å². The maximum atomic E-state index is 12.9. The average Bonchev–Trinajstić information content (AvgIpc) is 2.95. The molecule has 2 aromatic heterocycles. The van der Waals surface area contributed by atoms with Crippen LogP contribution in [0.3, 0.4) is 0 Å². The van der Waals surface area contributed by atoms with Crippen molar-refractivity contribution < 1.29 is 4.79 Å². The van der Waals surface area contributed by atoms with E-state index in [0.717, 1.165) is 26.4 Å². The summed E-state index contributed by atoms with van der Waals surface area (Å²) in [7, 11) is 0. The molecule has 0 radical (unpaired) electrons. The van der Waals surface area contributed by atoms with Crippen molar-refractivity contribution in [2.45, 2.75) is 39.0 Å². The van der Waals surface area contributed by atoms with E-state index < -0.39 is 0 Å². The predicted molar refractivity (Wildman–Crippen MR) is 117 cm³/mol. The van der Waals surface area contributed by atoms with E-state index >= 15 is 0 Å². The quantitative estimate of drug-likeness (QED) is 0.362. The van der Waals surface area contributed by atoms with Gasteiger partial charge in [0.1, 0.15) is 4.83 Å². The van der Waals surface area contributed by atoms with Crippen LogP contribution >= 0.6 is 23.1 Å². The molecule has 3 aromatic rings. The molecule has 0 bridgehead atoms. The number of hydrogen-bond acceptors (Lipinski definition) is 5. The number of carbonyl (C=O) groups is 1. The van der Waals surface area contributed by atoms with E-state index in [9.17, 15) is 9.59 Å². The van der Waals surface area contributed by atoms with E-state index in [4.69, 9.17) is 0 Å². The van der Waals surface area contributed by atoms with Crippen LogP contribution in [0, 0.1) is 20.8 Å². The van der Waals surface area contributed by atoms with Crippen LogP contribution in [0.1, 0.15) is 21.6 Å². The van der Waals surface area contributed by atoms with Crippen molar-refractivity contribution in [3.63, 3.8) is 0 Å². The summed E-state index contributed by atoms with van der Waals surface area (Å²) in [4.78, 5) is 31.7. The maximum absolute atomic E-state index is 12.9. The van der Waals surface area contributed by atoms with Crippen LogP contribution in [-0.2, 0) is 17.9 Å². The van der Waals surface area contributed by atoms with Gasteiger partial charge in [0, 0.05) is 18.0 Å². The molecule has 3 rings (SSSR count). The number of carbonyl (C=O) groups excluding carboxylic acids is 1. The Kier molecular flexibility index (Phi) is 6.36. The molecular formula is C21H23N3O2S2. The van der Waals surface area contributed by atoms with E-state index in [1.807, 2.05) is 45.0 Å². The second-order valence-electron chi connectivity index (χ2n) is 6.62. The molecule has 2 heterocycles. The number of amides is 1. The zero-order chi connectivity index (χ0) is 20.3. The van der Waals surface area contributed by atoms with Gasteiger partial charge in [0.25, 0.3) is 5.56 Å². The number of thiophene rings is 1. The summed E-state index contributed by atoms with van der Waals surface area (Å²) in [6, 6.07) is 8.03. The zero-order valence-electron chi connectivity index (χ0n) is 16.2. The molecule has 7 heteroatoms. The Labute approximate surface area is 172 Å². The molecule has 1 aromatic carbocycles. The molecule has 0 aliphatic heterocycles. The monoisotopic (exact) mass is 413 g/mol. The molecular weight excluding hydrogens is 390 g/mol. The first kappa shape index (κ1) is 20.4. The highest BCUT2D eigenvalue weighted by Gasteiger charge is 2.17. The Morgan fingerprint density at radius 3 is 2.86 bits per heavy atom. The van der Waals surface area contributed by atoms with E-state index in [-0.39, 0.29) is 17.2 Å². The van der Waals surface area contributed by atoms with Crippen molar-refractivity contribution in [3.8, 4) is 0 Å². The van der Waals surface area contributed by atoms with E-state index in [2.05, 4.69) is 16.9 Å². The topological polar surface area (TPSA) is 64.0 Å². The van der Waals surface area contributed by atoms with Gasteiger partial charge in [-0.3, -0.25) is 14.2 Å². The molecule has 5 nitrogen and oxygen atoms in total. The maximum Gasteiger partial charge on any atom is 0.263 e. The van der Waals surface area contributed by atoms with Gasteiger partial charge in [-0.1, -0.05) is 47.7 Å². The van der Waals surface area contributed by atoms with Crippen molar-refractivity contribution >= 4 is 39.2 Å². The zero-order valence-corrected chi connectivity index (χ0v) is 17.9. The average molecular weight is 414 g/mol. The second-order valence-corrected chi connectivity index (χ2v) is 8.76. The normalized spacial score (nSPS) is 11.0. The first-order valence-electron chi connectivity index (χ1n) is 8.97. The third-order valence-corrected chi connectivity index (χ3v) is 6.55. The summed E-state index contributed by atoms with van der Waals surface area (Å²) >= 11 is 2.79. The number of allylic oxidation sites excluding steroid dienone is 1. The summed E-state index contributed by atoms with van der Waals surface area (Å²) in [6.07, 6.45) is 1.67. The van der Waals surface area contributed by atoms with Crippen LogP contribution < -0.4 is 10.9 Å². The minimum Gasteiger partial charge on any atom is -0.351 e. The molecule has 0 fully saturated rings. The van der Waals surface area contributed by atoms with Crippen molar-refractivity contribution in [3.05, 3.63) is 68.8 Å². The molecule has 28 heavy (non-hydrogen) atoms. The SMILES string of the molecule is C=CCn1c(SCC(=O)NCc2cccc(C)c2)nc2sc(C)c(C)c2c1=O. The minimum absolute atomic E-state index is 0.0746. The number of fused-ring (bicyclic) bond motifs is 1. The smallest absolute Gasteiger partial charge is 0.263 e. The fourth-order valence-corrected chi connectivity index (χ4v) is 4.82. The van der Waals surface area contributed by atoms with Crippen molar-refractivity contribution in [2.24, 2.45) is 0 Å². The van der Waals surface area contributed by atoms with Gasteiger partial charge >= 0.3 is 0 Å². The number of nitrogens with zero attached hydrogens (tertiary/aromatic N) is 2. The van der Waals surface area contributed by atoms with Crippen LogP contribution in [0.15, 0.2) is 46.9 Å². The Hall–Kier alpha value is -2.38. The van der Waals surface area contributed by atoms with Crippen LogP contribution in [0.4, 0.5) is 0 Å². The number of aryl methyl sites for hydroxylation is 3. The first-order valence-corrected chi connectivity index (χ1v) is 10.8. The predicted octanol–water partition coefficient (Wildman–Crippen LogP) is 3.98. The molecule has 0 saturated heterocycles. The summed E-state index contributed by atoms with van der Waals surface area (Å²) in [5.41, 5.74) is 3.12. The van der Waals surface area contributed by atoms with Crippen LogP contribution in [-0.4, -0.2) is 21.2 Å². The van der Waals surface area contributed by atoms with Crippen molar-refractivity contribution in [1.82, 2.24) is 14.9 Å². The lowest BCUT2D eigenvalue weighted by molar-refractivity contribution is -0.118. The van der Waals surface area contributed by atoms with Crippen LogP contribution in [0.5, 0.6) is 0 Å². The highest BCUT2D eigenvalue weighted by molar-refractivity contribution is 7.99. The third-order valence-electron chi connectivity index (χ3n) is 4.47. The molecule has 0 spiro atoms. The van der Waals surface area contributed by atoms with Crippen LogP contribution in [0.2, 0.25) is 0 Å². The Morgan fingerprint density at radius 2 is 2.14 bits per heavy atom. The lowest BCUT2D eigenvalue weighted by Gasteiger charge is -2.10. The lowest BCUT2D eigenvalue weighted by atomic mass is 10.1. The van der Waals surface area contributed by atoms with Gasteiger partial charge in [-0.15, -0.1) is 17.9 Å². The number of rotatable bonds is 7. The van der Waals surface area contributed by atoms with Crippen molar-refractivity contribution in [2.75, 3.05) is 5.75 Å². The van der Waals surface area contributed by atoms with Gasteiger partial charge in [-0.05, 0) is 31.9 Å². The molecule has 0 aliphatic carbocycles. The fourth-order valence-electron chi connectivity index (χ4n) is 2.91. The summed E-state index contributed by atoms with van der Waals surface area (Å²) < 4.78 is 1.59. The summed E-state index contributed by atoms with van der Waals surface area (Å²) in [5.74, 6) is 0.106. The minimum atomic E-state index is -0.0930. The standard InChI is InChI=1S/C21H23N3O2S2/c1-5-9-24-20(26)18-14(3)15(4)28-19(18)23-21(24)27-12-17(25)22-11-16-8-6-7-13(2)10-16/h5-8,10H,1,9,11-12H2,2-4H3,(H,22,25). The molecule has 0 unspecified atom stereocenters. The van der Waals surface area contributed by atoms with Gasteiger partial charge < -0.3 is 5.32 Å². The largest absolute Gasteiger partial charge is 0.351 e. The number of thioether (sulfide) groups is 1. The van der Waals surface area contributed by atoms with Crippen LogP contribution in [0.25, 0.3) is 10.2 Å². The number of aromatic nitrogens is 2. The number of hydrogen-bond donors (Lipinski definition) is 1. The van der Waals surface area contributed by atoms with E-state index in [1.165, 1.54) is 23.1 Å². The molecule has 0 aliphatic rings. The lowest BCUT2D eigenvalue weighted by Crippen LogP contribution is -2.26. The highest BCUT2D eigenvalue weighted by Crippen LogP contribution is 2.28. The van der Waals surface area contributed by atoms with Gasteiger partial charge in [0.15, 0.2) is 5.16 Å². The van der Waals surface area contributed by atoms with Crippen molar-refractivity contribution in [1.29, 1.82) is 0 Å². The molecule has 146 valence electrons. The molecule has 1 N–H and O–H groups in total. The van der Waals surface area contributed by atoms with E-state index in [0.29, 0.717) is 23.6 Å². The Balaban J connectivity index is 1.76. The van der Waals surface area contributed by atoms with E-state index in [1.54, 1.807) is 10.6 Å². The Bertz CT molecular complexity index is 1100. The van der Waals surface area contributed by atoms with Gasteiger partial charge in [0.05, 0.1) is 11.1 Å². The second kappa shape index (κ2) is 8.75. The summed E-state index contributed by atoms with van der Waals surface area (Å²) in [6.45, 7) is 10.5. The summed E-state index contributed by atoms with van der Waals surface area (Å²) in [5, 5.41) is 4.13. The molecule has 1 amide bonds. The Morgan fingerprint density at radius 1 is 1.36 bits per heavy atom. The van der Waals surface area contributed by atoms with Gasteiger partial charge in [-0.2, -0.15) is 0 Å². The van der Waals surface area contributed by atoms with Gasteiger partial charge in [-0.25, -0.2) is 4.98 Å². The molecule has 0 atom stereocenters. The fraction of sp³-hybridized carbons (Fsp3) is 0.286.